The van der Waals surface area contributed by atoms with Crippen LogP contribution in [-0.2, 0) is 0 Å². The highest BCUT2D eigenvalue weighted by atomic mass is 35.5. The third-order valence-corrected chi connectivity index (χ3v) is 2.55. The van der Waals surface area contributed by atoms with Crippen LogP contribution in [0.2, 0.25) is 10.2 Å². The van der Waals surface area contributed by atoms with Crippen molar-refractivity contribution in [2.45, 2.75) is 20.3 Å². The fourth-order valence-corrected chi connectivity index (χ4v) is 1.47. The standard InChI is InChI=1S/C11H14Cl2N2O/c1-7(2)5-6-14-11(16)10-8(12)3-4-9(13)15-10/h3-4,7H,5-6H2,1-2H3,(H,14,16). The van der Waals surface area contributed by atoms with Gasteiger partial charge in [0.2, 0.25) is 0 Å². The number of amides is 1. The number of rotatable bonds is 4. The summed E-state index contributed by atoms with van der Waals surface area (Å²) in [5.74, 6) is 0.260. The van der Waals surface area contributed by atoms with E-state index < -0.39 is 0 Å². The highest BCUT2D eigenvalue weighted by Gasteiger charge is 2.12. The minimum absolute atomic E-state index is 0.179. The molecular formula is C11H14Cl2N2O. The molecule has 0 spiro atoms. The Kier molecular flexibility index (Phi) is 5.03. The van der Waals surface area contributed by atoms with Gasteiger partial charge in [-0.3, -0.25) is 4.79 Å². The van der Waals surface area contributed by atoms with Gasteiger partial charge < -0.3 is 5.32 Å². The van der Waals surface area contributed by atoms with Crippen LogP contribution in [0.3, 0.4) is 0 Å². The van der Waals surface area contributed by atoms with Gasteiger partial charge in [0.15, 0.2) is 0 Å². The molecule has 1 aromatic heterocycles. The zero-order valence-electron chi connectivity index (χ0n) is 9.26. The van der Waals surface area contributed by atoms with Gasteiger partial charge in [0.05, 0.1) is 5.02 Å². The molecule has 1 amide bonds. The van der Waals surface area contributed by atoms with Crippen LogP contribution in [0.1, 0.15) is 30.8 Å². The summed E-state index contributed by atoms with van der Waals surface area (Å²) in [5, 5.41) is 3.33. The maximum Gasteiger partial charge on any atom is 0.271 e. The van der Waals surface area contributed by atoms with Crippen molar-refractivity contribution < 1.29 is 4.79 Å². The summed E-state index contributed by atoms with van der Waals surface area (Å²) in [4.78, 5) is 15.6. The maximum absolute atomic E-state index is 11.7. The zero-order chi connectivity index (χ0) is 12.1. The van der Waals surface area contributed by atoms with Crippen molar-refractivity contribution >= 4 is 29.1 Å². The Morgan fingerprint density at radius 2 is 2.12 bits per heavy atom. The van der Waals surface area contributed by atoms with E-state index in [1.54, 1.807) is 12.1 Å². The molecule has 16 heavy (non-hydrogen) atoms. The Bertz CT molecular complexity index is 380. The lowest BCUT2D eigenvalue weighted by Crippen LogP contribution is -2.26. The predicted molar refractivity (Wildman–Crippen MR) is 66.0 cm³/mol. The quantitative estimate of drug-likeness (QED) is 0.846. The van der Waals surface area contributed by atoms with Gasteiger partial charge in [-0.1, -0.05) is 37.0 Å². The van der Waals surface area contributed by atoms with Crippen LogP contribution < -0.4 is 5.32 Å². The molecule has 0 saturated carbocycles. The molecule has 0 bridgehead atoms. The smallest absolute Gasteiger partial charge is 0.271 e. The molecule has 1 N–H and O–H groups in total. The van der Waals surface area contributed by atoms with E-state index in [0.29, 0.717) is 17.5 Å². The van der Waals surface area contributed by atoms with E-state index in [9.17, 15) is 4.79 Å². The van der Waals surface area contributed by atoms with Gasteiger partial charge in [-0.2, -0.15) is 0 Å². The minimum Gasteiger partial charge on any atom is -0.351 e. The topological polar surface area (TPSA) is 42.0 Å². The van der Waals surface area contributed by atoms with Crippen LogP contribution in [-0.4, -0.2) is 17.4 Å². The molecule has 0 fully saturated rings. The number of nitrogens with one attached hydrogen (secondary N) is 1. The zero-order valence-corrected chi connectivity index (χ0v) is 10.8. The summed E-state index contributed by atoms with van der Waals surface area (Å²) in [6.07, 6.45) is 0.921. The van der Waals surface area contributed by atoms with E-state index in [1.807, 2.05) is 0 Å². The first-order chi connectivity index (χ1) is 7.50. The molecule has 1 rings (SSSR count). The molecule has 1 aromatic rings. The molecule has 0 aliphatic heterocycles. The summed E-state index contributed by atoms with van der Waals surface area (Å²) in [6.45, 7) is 4.80. The van der Waals surface area contributed by atoms with Crippen LogP contribution in [0.4, 0.5) is 0 Å². The molecule has 5 heteroatoms. The lowest BCUT2D eigenvalue weighted by Gasteiger charge is -2.07. The second kappa shape index (κ2) is 6.06. The summed E-state index contributed by atoms with van der Waals surface area (Å²) in [5.41, 5.74) is 0.179. The summed E-state index contributed by atoms with van der Waals surface area (Å²) >= 11 is 11.5. The first-order valence-corrected chi connectivity index (χ1v) is 5.86. The van der Waals surface area contributed by atoms with E-state index in [0.717, 1.165) is 6.42 Å². The van der Waals surface area contributed by atoms with Crippen molar-refractivity contribution in [3.05, 3.63) is 28.0 Å². The van der Waals surface area contributed by atoms with Gasteiger partial charge in [-0.15, -0.1) is 0 Å². The SMILES string of the molecule is CC(C)CCNC(=O)c1nc(Cl)ccc1Cl. The van der Waals surface area contributed by atoms with Crippen LogP contribution in [0, 0.1) is 5.92 Å². The summed E-state index contributed by atoms with van der Waals surface area (Å²) in [7, 11) is 0. The molecule has 1 heterocycles. The number of hydrogen-bond acceptors (Lipinski definition) is 2. The highest BCUT2D eigenvalue weighted by molar-refractivity contribution is 6.34. The van der Waals surface area contributed by atoms with E-state index >= 15 is 0 Å². The number of aromatic nitrogens is 1. The van der Waals surface area contributed by atoms with Crippen molar-refractivity contribution in [2.75, 3.05) is 6.54 Å². The Balaban J connectivity index is 2.62. The third kappa shape index (κ3) is 3.99. The Hall–Kier alpha value is -0.800. The Morgan fingerprint density at radius 1 is 1.44 bits per heavy atom. The molecule has 0 aliphatic carbocycles. The Morgan fingerprint density at radius 3 is 2.75 bits per heavy atom. The minimum atomic E-state index is -0.284. The average Bonchev–Trinajstić information content (AvgIpc) is 2.21. The summed E-state index contributed by atoms with van der Waals surface area (Å²) < 4.78 is 0. The highest BCUT2D eigenvalue weighted by Crippen LogP contribution is 2.16. The average molecular weight is 261 g/mol. The van der Waals surface area contributed by atoms with Crippen LogP contribution in [0.15, 0.2) is 12.1 Å². The van der Waals surface area contributed by atoms with E-state index in [1.165, 1.54) is 0 Å². The lowest BCUT2D eigenvalue weighted by atomic mass is 10.1. The molecule has 0 unspecified atom stereocenters. The molecule has 3 nitrogen and oxygen atoms in total. The number of carbonyl (C=O) groups is 1. The van der Waals surface area contributed by atoms with E-state index in [-0.39, 0.29) is 16.8 Å². The van der Waals surface area contributed by atoms with Crippen molar-refractivity contribution in [1.29, 1.82) is 0 Å². The van der Waals surface area contributed by atoms with Crippen LogP contribution in [0.25, 0.3) is 0 Å². The molecular weight excluding hydrogens is 247 g/mol. The molecule has 0 aromatic carbocycles. The molecule has 0 radical (unpaired) electrons. The number of hydrogen-bond donors (Lipinski definition) is 1. The van der Waals surface area contributed by atoms with E-state index in [2.05, 4.69) is 24.1 Å². The lowest BCUT2D eigenvalue weighted by molar-refractivity contribution is 0.0947. The number of pyridine rings is 1. The van der Waals surface area contributed by atoms with Gasteiger partial charge in [-0.25, -0.2) is 4.98 Å². The van der Waals surface area contributed by atoms with Crippen molar-refractivity contribution in [3.8, 4) is 0 Å². The summed E-state index contributed by atoms with van der Waals surface area (Å²) in [6, 6.07) is 3.11. The number of carbonyl (C=O) groups excluding carboxylic acids is 1. The first kappa shape index (κ1) is 13.3. The van der Waals surface area contributed by atoms with E-state index in [4.69, 9.17) is 23.2 Å². The fourth-order valence-electron chi connectivity index (χ4n) is 1.14. The molecule has 0 atom stereocenters. The van der Waals surface area contributed by atoms with Crippen molar-refractivity contribution in [1.82, 2.24) is 10.3 Å². The monoisotopic (exact) mass is 260 g/mol. The van der Waals surface area contributed by atoms with Crippen LogP contribution >= 0.6 is 23.2 Å². The van der Waals surface area contributed by atoms with Gasteiger partial charge in [-0.05, 0) is 24.5 Å². The maximum atomic E-state index is 11.7. The number of halogens is 2. The molecule has 0 aliphatic rings. The fraction of sp³-hybridized carbons (Fsp3) is 0.455. The largest absolute Gasteiger partial charge is 0.351 e. The number of nitrogens with zero attached hydrogens (tertiary/aromatic N) is 1. The Labute approximate surface area is 105 Å². The third-order valence-electron chi connectivity index (χ3n) is 2.03. The molecule has 88 valence electrons. The van der Waals surface area contributed by atoms with Gasteiger partial charge in [0.25, 0.3) is 5.91 Å². The first-order valence-electron chi connectivity index (χ1n) is 5.11. The van der Waals surface area contributed by atoms with Gasteiger partial charge in [0.1, 0.15) is 10.8 Å². The van der Waals surface area contributed by atoms with Gasteiger partial charge >= 0.3 is 0 Å². The van der Waals surface area contributed by atoms with Crippen molar-refractivity contribution in [3.63, 3.8) is 0 Å². The second-order valence-electron chi connectivity index (χ2n) is 3.90. The normalized spacial score (nSPS) is 10.6. The predicted octanol–water partition coefficient (Wildman–Crippen LogP) is 3.16. The van der Waals surface area contributed by atoms with Gasteiger partial charge in [0, 0.05) is 6.54 Å². The molecule has 0 saturated heterocycles. The van der Waals surface area contributed by atoms with Crippen LogP contribution in [0.5, 0.6) is 0 Å². The second-order valence-corrected chi connectivity index (χ2v) is 4.70. The van der Waals surface area contributed by atoms with Crippen molar-refractivity contribution in [2.24, 2.45) is 5.92 Å².